The third-order valence-corrected chi connectivity index (χ3v) is 4.44. The molecular formula is C19H18NO5-. The number of carboxylic acid groups (broad SMARTS) is 1. The fourth-order valence-corrected chi connectivity index (χ4v) is 3.26. The lowest BCUT2D eigenvalue weighted by Crippen LogP contribution is -2.39. The predicted octanol–water partition coefficient (Wildman–Crippen LogP) is 1.36. The molecule has 1 aliphatic rings. The van der Waals surface area contributed by atoms with Crippen molar-refractivity contribution in [2.75, 3.05) is 7.11 Å². The van der Waals surface area contributed by atoms with Gasteiger partial charge in [-0.15, -0.1) is 0 Å². The molecule has 1 aromatic carbocycles. The number of aromatic nitrogens is 1. The number of carbonyl (C=O) groups excluding carboxylic acids is 2. The summed E-state index contributed by atoms with van der Waals surface area (Å²) in [6.07, 6.45) is 0.788. The van der Waals surface area contributed by atoms with E-state index in [0.29, 0.717) is 30.0 Å². The first-order valence-corrected chi connectivity index (χ1v) is 7.91. The quantitative estimate of drug-likeness (QED) is 0.842. The number of carboxylic acids is 1. The fraction of sp³-hybridized carbons (Fsp3) is 0.316. The third-order valence-electron chi connectivity index (χ3n) is 4.44. The van der Waals surface area contributed by atoms with E-state index in [1.807, 2.05) is 13.8 Å². The molecule has 25 heavy (non-hydrogen) atoms. The van der Waals surface area contributed by atoms with E-state index in [-0.39, 0.29) is 16.8 Å². The number of carbonyl (C=O) groups is 2. The molecule has 6 nitrogen and oxygen atoms in total. The summed E-state index contributed by atoms with van der Waals surface area (Å²) in [4.78, 5) is 36.6. The number of aromatic carboxylic acids is 1. The molecule has 0 radical (unpaired) electrons. The fourth-order valence-electron chi connectivity index (χ4n) is 3.26. The molecular weight excluding hydrogens is 322 g/mol. The third kappa shape index (κ3) is 2.95. The first kappa shape index (κ1) is 17.0. The van der Waals surface area contributed by atoms with Gasteiger partial charge in [0.05, 0.1) is 18.6 Å². The number of hydrogen-bond donors (Lipinski definition) is 0. The van der Waals surface area contributed by atoms with E-state index >= 15 is 0 Å². The normalized spacial score (nSPS) is 15.6. The maximum absolute atomic E-state index is 12.8. The zero-order valence-electron chi connectivity index (χ0n) is 14.3. The first-order chi connectivity index (χ1) is 11.7. The van der Waals surface area contributed by atoms with E-state index in [1.54, 1.807) is 24.3 Å². The number of ether oxygens (including phenoxy) is 1. The molecule has 0 atom stereocenters. The van der Waals surface area contributed by atoms with Crippen LogP contribution in [0.25, 0.3) is 5.69 Å². The van der Waals surface area contributed by atoms with Gasteiger partial charge in [0.2, 0.25) is 0 Å². The molecule has 0 saturated carbocycles. The van der Waals surface area contributed by atoms with Gasteiger partial charge in [0.1, 0.15) is 5.75 Å². The summed E-state index contributed by atoms with van der Waals surface area (Å²) in [6.45, 7) is 3.90. The number of ketones is 1. The Balaban J connectivity index is 2.33. The molecule has 0 fully saturated rings. The van der Waals surface area contributed by atoms with Gasteiger partial charge < -0.3 is 14.6 Å². The molecule has 0 unspecified atom stereocenters. The number of Topliss-reactive ketones (excluding diaryl/α,β-unsaturated/α-hetero) is 1. The molecule has 1 heterocycles. The number of methoxy groups -OCH3 is 1. The van der Waals surface area contributed by atoms with E-state index in [4.69, 9.17) is 4.74 Å². The van der Waals surface area contributed by atoms with E-state index in [2.05, 4.69) is 0 Å². The molecule has 0 spiro atoms. The van der Waals surface area contributed by atoms with Crippen LogP contribution < -0.4 is 15.4 Å². The summed E-state index contributed by atoms with van der Waals surface area (Å²) >= 11 is 0. The number of pyridine rings is 1. The molecule has 6 heteroatoms. The Labute approximate surface area is 144 Å². The van der Waals surface area contributed by atoms with Crippen LogP contribution >= 0.6 is 0 Å². The van der Waals surface area contributed by atoms with Crippen LogP contribution in [0.5, 0.6) is 5.75 Å². The molecule has 3 rings (SSSR count). The second-order valence-corrected chi connectivity index (χ2v) is 6.99. The summed E-state index contributed by atoms with van der Waals surface area (Å²) in [7, 11) is 1.53. The highest BCUT2D eigenvalue weighted by Crippen LogP contribution is 2.35. The molecule has 0 amide bonds. The van der Waals surface area contributed by atoms with Crippen molar-refractivity contribution in [2.24, 2.45) is 5.41 Å². The topological polar surface area (TPSA) is 88.4 Å². The Hall–Kier alpha value is -2.89. The van der Waals surface area contributed by atoms with Gasteiger partial charge in [-0.05, 0) is 42.2 Å². The second kappa shape index (κ2) is 5.88. The van der Waals surface area contributed by atoms with Gasteiger partial charge in [-0.2, -0.15) is 0 Å². The molecule has 0 aliphatic heterocycles. The van der Waals surface area contributed by atoms with Gasteiger partial charge in [0, 0.05) is 23.4 Å². The van der Waals surface area contributed by atoms with E-state index in [9.17, 15) is 19.5 Å². The highest BCUT2D eigenvalue weighted by molar-refractivity contribution is 6.00. The maximum Gasteiger partial charge on any atom is 0.264 e. The van der Waals surface area contributed by atoms with Crippen molar-refractivity contribution >= 4 is 11.8 Å². The average Bonchev–Trinajstić information content (AvgIpc) is 2.53. The lowest BCUT2D eigenvalue weighted by Gasteiger charge is -2.32. The monoisotopic (exact) mass is 340 g/mol. The lowest BCUT2D eigenvalue weighted by molar-refractivity contribution is -0.255. The number of benzene rings is 1. The first-order valence-electron chi connectivity index (χ1n) is 7.91. The minimum atomic E-state index is -1.59. The van der Waals surface area contributed by atoms with Crippen LogP contribution in [0.1, 0.15) is 46.7 Å². The van der Waals surface area contributed by atoms with E-state index < -0.39 is 17.1 Å². The van der Waals surface area contributed by atoms with Crippen molar-refractivity contribution in [1.29, 1.82) is 0 Å². The Morgan fingerprint density at radius 3 is 2.36 bits per heavy atom. The van der Waals surface area contributed by atoms with Crippen LogP contribution in [0.4, 0.5) is 0 Å². The highest BCUT2D eigenvalue weighted by Gasteiger charge is 2.34. The Morgan fingerprint density at radius 2 is 1.80 bits per heavy atom. The molecule has 0 N–H and O–H groups in total. The van der Waals surface area contributed by atoms with Crippen molar-refractivity contribution in [1.82, 2.24) is 4.57 Å². The van der Waals surface area contributed by atoms with Gasteiger partial charge in [-0.25, -0.2) is 0 Å². The predicted molar refractivity (Wildman–Crippen MR) is 89.4 cm³/mol. The summed E-state index contributed by atoms with van der Waals surface area (Å²) in [5, 5.41) is 11.4. The van der Waals surface area contributed by atoms with Gasteiger partial charge in [0.25, 0.3) is 5.56 Å². The van der Waals surface area contributed by atoms with Crippen LogP contribution in [0.2, 0.25) is 0 Å². The van der Waals surface area contributed by atoms with Crippen LogP contribution in [0, 0.1) is 5.41 Å². The minimum absolute atomic E-state index is 0.170. The summed E-state index contributed by atoms with van der Waals surface area (Å²) in [6, 6.07) is 7.83. The standard InChI is InChI=1S/C19H19NO5/c1-19(2)9-15-13(16(21)10-19)8-14(18(23)24)17(22)20(15)11-4-6-12(25-3)7-5-11/h4-8H,9-10H2,1-3H3,(H,23,24)/p-1. The number of hydrogen-bond acceptors (Lipinski definition) is 5. The SMILES string of the molecule is COc1ccc(-n2c3c(cc(C(=O)[O-])c2=O)C(=O)CC(C)(C)C3)cc1. The zero-order chi connectivity index (χ0) is 18.4. The van der Waals surface area contributed by atoms with E-state index in [1.165, 1.54) is 11.7 Å². The molecule has 1 aromatic heterocycles. The largest absolute Gasteiger partial charge is 0.545 e. The lowest BCUT2D eigenvalue weighted by atomic mass is 9.75. The second-order valence-electron chi connectivity index (χ2n) is 6.99. The number of nitrogens with zero attached hydrogens (tertiary/aromatic N) is 1. The van der Waals surface area contributed by atoms with Crippen molar-refractivity contribution in [3.8, 4) is 11.4 Å². The minimum Gasteiger partial charge on any atom is -0.545 e. The van der Waals surface area contributed by atoms with Crippen molar-refractivity contribution in [2.45, 2.75) is 26.7 Å². The highest BCUT2D eigenvalue weighted by atomic mass is 16.5. The van der Waals surface area contributed by atoms with Crippen molar-refractivity contribution < 1.29 is 19.4 Å². The van der Waals surface area contributed by atoms with Gasteiger partial charge >= 0.3 is 0 Å². The molecule has 0 bridgehead atoms. The van der Waals surface area contributed by atoms with Crippen molar-refractivity contribution in [3.63, 3.8) is 0 Å². The summed E-state index contributed by atoms with van der Waals surface area (Å²) in [5.74, 6) is -1.15. The van der Waals surface area contributed by atoms with Gasteiger partial charge in [-0.3, -0.25) is 14.2 Å². The number of fused-ring (bicyclic) bond motifs is 1. The molecule has 130 valence electrons. The van der Waals surface area contributed by atoms with E-state index in [0.717, 1.165) is 6.07 Å². The Bertz CT molecular complexity index is 922. The molecule has 1 aliphatic carbocycles. The smallest absolute Gasteiger partial charge is 0.264 e. The Morgan fingerprint density at radius 1 is 1.16 bits per heavy atom. The van der Waals surface area contributed by atoms with Crippen LogP contribution in [0.3, 0.4) is 0 Å². The number of rotatable bonds is 3. The van der Waals surface area contributed by atoms with Crippen LogP contribution in [0.15, 0.2) is 35.1 Å². The van der Waals surface area contributed by atoms with Crippen LogP contribution in [-0.2, 0) is 6.42 Å². The molecule has 0 saturated heterocycles. The van der Waals surface area contributed by atoms with Gasteiger partial charge in [-0.1, -0.05) is 13.8 Å². The summed E-state index contributed by atoms with van der Waals surface area (Å²) in [5.41, 5.74) is -0.240. The maximum atomic E-state index is 12.8. The summed E-state index contributed by atoms with van der Waals surface area (Å²) < 4.78 is 6.42. The Kier molecular flexibility index (Phi) is 3.99. The van der Waals surface area contributed by atoms with Crippen molar-refractivity contribution in [3.05, 3.63) is 57.5 Å². The zero-order valence-corrected chi connectivity index (χ0v) is 14.3. The van der Waals surface area contributed by atoms with Crippen LogP contribution in [-0.4, -0.2) is 23.4 Å². The average molecular weight is 340 g/mol. The molecule has 2 aromatic rings. The van der Waals surface area contributed by atoms with Gasteiger partial charge in [0.15, 0.2) is 5.78 Å².